The number of rotatable bonds is 4. The van der Waals surface area contributed by atoms with Gasteiger partial charge in [-0.05, 0) is 26.0 Å². The number of pyridine rings is 1. The molecule has 0 spiro atoms. The van der Waals surface area contributed by atoms with Crippen molar-refractivity contribution in [2.75, 3.05) is 13.1 Å². The zero-order chi connectivity index (χ0) is 17.4. The van der Waals surface area contributed by atoms with Gasteiger partial charge in [-0.3, -0.25) is 9.78 Å². The third-order valence-electron chi connectivity index (χ3n) is 4.43. The van der Waals surface area contributed by atoms with E-state index in [1.807, 2.05) is 32.0 Å². The molecule has 1 aliphatic heterocycles. The number of likely N-dealkylation sites (tertiary alicyclic amines) is 1. The van der Waals surface area contributed by atoms with Crippen LogP contribution in [0.25, 0.3) is 11.5 Å². The van der Waals surface area contributed by atoms with Crippen LogP contribution in [0.15, 0.2) is 33.4 Å². The van der Waals surface area contributed by atoms with Crippen molar-refractivity contribution in [2.24, 2.45) is 0 Å². The first kappa shape index (κ1) is 15.5. The van der Waals surface area contributed by atoms with Gasteiger partial charge in [0.05, 0.1) is 18.0 Å². The van der Waals surface area contributed by atoms with Gasteiger partial charge in [0.15, 0.2) is 0 Å². The number of hydrogen-bond acceptors (Lipinski definition) is 7. The second kappa shape index (κ2) is 6.12. The molecule has 3 aromatic rings. The van der Waals surface area contributed by atoms with Gasteiger partial charge in [-0.25, -0.2) is 0 Å². The van der Waals surface area contributed by atoms with E-state index < -0.39 is 0 Å². The van der Waals surface area contributed by atoms with Crippen LogP contribution < -0.4 is 0 Å². The number of carbonyl (C=O) groups is 1. The Morgan fingerprint density at radius 1 is 1.24 bits per heavy atom. The summed E-state index contributed by atoms with van der Waals surface area (Å²) in [6.45, 7) is 4.81. The lowest BCUT2D eigenvalue weighted by atomic mass is 9.98. The van der Waals surface area contributed by atoms with Crippen LogP contribution in [0.5, 0.6) is 0 Å². The molecule has 0 radical (unpaired) electrons. The molecule has 1 aliphatic rings. The van der Waals surface area contributed by atoms with Gasteiger partial charge in [-0.15, -0.1) is 0 Å². The quantitative estimate of drug-likeness (QED) is 0.716. The van der Waals surface area contributed by atoms with E-state index >= 15 is 0 Å². The minimum atomic E-state index is 0.0510. The van der Waals surface area contributed by atoms with Gasteiger partial charge in [0, 0.05) is 24.8 Å². The predicted molar refractivity (Wildman–Crippen MR) is 86.5 cm³/mol. The molecule has 0 unspecified atom stereocenters. The maximum Gasteiger partial charge on any atom is 0.233 e. The second-order valence-electron chi connectivity index (χ2n) is 6.15. The van der Waals surface area contributed by atoms with E-state index in [1.54, 1.807) is 11.1 Å². The van der Waals surface area contributed by atoms with Crippen LogP contribution in [0, 0.1) is 13.8 Å². The Balaban J connectivity index is 1.38. The molecule has 8 nitrogen and oxygen atoms in total. The maximum absolute atomic E-state index is 12.4. The van der Waals surface area contributed by atoms with E-state index in [4.69, 9.17) is 9.05 Å². The lowest BCUT2D eigenvalue weighted by Crippen LogP contribution is -2.49. The van der Waals surface area contributed by atoms with Crippen LogP contribution in [0.1, 0.15) is 28.8 Å². The van der Waals surface area contributed by atoms with Crippen LogP contribution in [0.4, 0.5) is 0 Å². The molecular weight excluding hydrogens is 322 g/mol. The highest BCUT2D eigenvalue weighted by Gasteiger charge is 2.36. The molecule has 3 aromatic heterocycles. The number of carbonyl (C=O) groups excluding carboxylic acids is 1. The Morgan fingerprint density at radius 3 is 2.76 bits per heavy atom. The van der Waals surface area contributed by atoms with Gasteiger partial charge in [0.2, 0.25) is 17.6 Å². The van der Waals surface area contributed by atoms with Crippen LogP contribution >= 0.6 is 0 Å². The van der Waals surface area contributed by atoms with E-state index in [9.17, 15) is 4.79 Å². The fraction of sp³-hybridized carbons (Fsp3) is 0.353. The lowest BCUT2D eigenvalue weighted by molar-refractivity contribution is -0.135. The molecule has 0 bridgehead atoms. The highest BCUT2D eigenvalue weighted by Crippen LogP contribution is 2.28. The van der Waals surface area contributed by atoms with Crippen LogP contribution in [0.3, 0.4) is 0 Å². The zero-order valence-corrected chi connectivity index (χ0v) is 14.0. The second-order valence-corrected chi connectivity index (χ2v) is 6.15. The molecule has 0 aliphatic carbocycles. The van der Waals surface area contributed by atoms with E-state index in [2.05, 4.69) is 20.3 Å². The van der Waals surface area contributed by atoms with Crippen molar-refractivity contribution >= 4 is 5.91 Å². The Labute approximate surface area is 143 Å². The Kier molecular flexibility index (Phi) is 3.79. The van der Waals surface area contributed by atoms with Crippen molar-refractivity contribution in [3.8, 4) is 11.5 Å². The smallest absolute Gasteiger partial charge is 0.233 e. The zero-order valence-electron chi connectivity index (χ0n) is 14.0. The van der Waals surface area contributed by atoms with Crippen molar-refractivity contribution in [1.82, 2.24) is 25.2 Å². The molecule has 0 aromatic carbocycles. The molecule has 25 heavy (non-hydrogen) atoms. The molecule has 1 fully saturated rings. The molecule has 1 amide bonds. The largest absolute Gasteiger partial charge is 0.361 e. The van der Waals surface area contributed by atoms with Crippen molar-refractivity contribution in [2.45, 2.75) is 26.2 Å². The number of aromatic nitrogens is 4. The summed E-state index contributed by atoms with van der Waals surface area (Å²) >= 11 is 0. The predicted octanol–water partition coefficient (Wildman–Crippen LogP) is 1.90. The molecule has 4 rings (SSSR count). The standard InChI is InChI=1S/C17H17N5O3/c1-10-13(11(2)24-20-10)7-15(23)22-8-12(9-22)17-19-16(21-25-17)14-5-3-4-6-18-14/h3-6,12H,7-9H2,1-2H3. The molecule has 0 atom stereocenters. The van der Waals surface area contributed by atoms with Crippen molar-refractivity contribution in [1.29, 1.82) is 0 Å². The third kappa shape index (κ3) is 2.90. The number of aryl methyl sites for hydroxylation is 2. The Hall–Kier alpha value is -3.03. The van der Waals surface area contributed by atoms with Gasteiger partial charge in [-0.1, -0.05) is 16.4 Å². The van der Waals surface area contributed by atoms with Gasteiger partial charge >= 0.3 is 0 Å². The summed E-state index contributed by atoms with van der Waals surface area (Å²) in [6, 6.07) is 5.53. The average molecular weight is 339 g/mol. The number of hydrogen-bond donors (Lipinski definition) is 0. The number of nitrogens with zero attached hydrogens (tertiary/aromatic N) is 5. The minimum Gasteiger partial charge on any atom is -0.361 e. The summed E-state index contributed by atoms with van der Waals surface area (Å²) in [5.74, 6) is 1.83. The molecule has 8 heteroatoms. The summed E-state index contributed by atoms with van der Waals surface area (Å²) < 4.78 is 10.4. The summed E-state index contributed by atoms with van der Waals surface area (Å²) in [5.41, 5.74) is 2.30. The molecule has 128 valence electrons. The first-order valence-electron chi connectivity index (χ1n) is 8.06. The summed E-state index contributed by atoms with van der Waals surface area (Å²) in [4.78, 5) is 22.8. The van der Waals surface area contributed by atoms with E-state index in [0.717, 1.165) is 11.3 Å². The van der Waals surface area contributed by atoms with Crippen molar-refractivity contribution in [3.05, 3.63) is 47.3 Å². The fourth-order valence-electron chi connectivity index (χ4n) is 2.86. The first-order chi connectivity index (χ1) is 12.1. The monoisotopic (exact) mass is 339 g/mol. The lowest BCUT2D eigenvalue weighted by Gasteiger charge is -2.37. The Morgan fingerprint density at radius 2 is 2.08 bits per heavy atom. The van der Waals surface area contributed by atoms with Crippen LogP contribution in [-0.4, -0.2) is 44.2 Å². The van der Waals surface area contributed by atoms with Crippen LogP contribution in [0.2, 0.25) is 0 Å². The molecule has 0 saturated carbocycles. The highest BCUT2D eigenvalue weighted by atomic mass is 16.5. The van der Waals surface area contributed by atoms with Crippen molar-refractivity contribution < 1.29 is 13.8 Å². The van der Waals surface area contributed by atoms with Crippen LogP contribution in [-0.2, 0) is 11.2 Å². The SMILES string of the molecule is Cc1noc(C)c1CC(=O)N1CC(c2nc(-c3ccccn3)no2)C1. The topological polar surface area (TPSA) is 98.2 Å². The molecule has 0 N–H and O–H groups in total. The average Bonchev–Trinajstić information content (AvgIpc) is 3.17. The normalized spacial score (nSPS) is 14.6. The molecule has 4 heterocycles. The van der Waals surface area contributed by atoms with E-state index in [0.29, 0.717) is 42.7 Å². The van der Waals surface area contributed by atoms with Gasteiger partial charge in [0.1, 0.15) is 11.5 Å². The fourth-order valence-corrected chi connectivity index (χ4v) is 2.86. The van der Waals surface area contributed by atoms with Crippen molar-refractivity contribution in [3.63, 3.8) is 0 Å². The maximum atomic E-state index is 12.4. The first-order valence-corrected chi connectivity index (χ1v) is 8.06. The van der Waals surface area contributed by atoms with E-state index in [-0.39, 0.29) is 11.8 Å². The summed E-state index contributed by atoms with van der Waals surface area (Å²) in [7, 11) is 0. The minimum absolute atomic E-state index is 0.0510. The number of amides is 1. The molecular formula is C17H17N5O3. The van der Waals surface area contributed by atoms with E-state index in [1.165, 1.54) is 0 Å². The Bertz CT molecular complexity index is 877. The van der Waals surface area contributed by atoms with Gasteiger partial charge in [0.25, 0.3) is 0 Å². The molecule has 1 saturated heterocycles. The highest BCUT2D eigenvalue weighted by molar-refractivity contribution is 5.80. The van der Waals surface area contributed by atoms with Gasteiger partial charge < -0.3 is 13.9 Å². The summed E-state index contributed by atoms with van der Waals surface area (Å²) in [5, 5.41) is 7.85. The van der Waals surface area contributed by atoms with Gasteiger partial charge in [-0.2, -0.15) is 4.98 Å². The third-order valence-corrected chi connectivity index (χ3v) is 4.43. The summed E-state index contributed by atoms with van der Waals surface area (Å²) in [6.07, 6.45) is 1.99.